The molecule has 0 radical (unpaired) electrons. The first-order valence-corrected chi connectivity index (χ1v) is 9.13. The molecule has 0 aliphatic carbocycles. The van der Waals surface area contributed by atoms with Crippen LogP contribution in [0, 0.1) is 5.92 Å². The maximum atomic E-state index is 13.0. The molecule has 5 nitrogen and oxygen atoms in total. The molecule has 1 atom stereocenters. The van der Waals surface area contributed by atoms with E-state index >= 15 is 0 Å². The molecule has 1 unspecified atom stereocenters. The molecule has 3 rings (SSSR count). The van der Waals surface area contributed by atoms with E-state index in [1.165, 1.54) is 0 Å². The normalized spacial score (nSPS) is 15.9. The van der Waals surface area contributed by atoms with Gasteiger partial charge in [-0.2, -0.15) is 0 Å². The van der Waals surface area contributed by atoms with E-state index in [1.807, 2.05) is 60.7 Å². The van der Waals surface area contributed by atoms with Crippen molar-refractivity contribution < 1.29 is 19.4 Å². The number of fused-ring (bicyclic) bond motifs is 1. The van der Waals surface area contributed by atoms with Crippen molar-refractivity contribution in [3.8, 4) is 11.5 Å². The lowest BCUT2D eigenvalue weighted by Gasteiger charge is -2.30. The number of rotatable bonds is 7. The topological polar surface area (TPSA) is 59.0 Å². The number of para-hydroxylation sites is 1. The number of hydrogen-bond acceptors (Lipinski definition) is 4. The van der Waals surface area contributed by atoms with Crippen molar-refractivity contribution in [2.24, 2.45) is 5.92 Å². The molecular weight excluding hydrogens is 342 g/mol. The Labute approximate surface area is 159 Å². The molecule has 142 valence electrons. The Morgan fingerprint density at radius 3 is 2.81 bits per heavy atom. The quantitative estimate of drug-likeness (QED) is 0.818. The number of methoxy groups -OCH3 is 1. The van der Waals surface area contributed by atoms with Crippen LogP contribution in [-0.2, 0) is 11.2 Å². The lowest BCUT2D eigenvalue weighted by atomic mass is 9.95. The zero-order valence-corrected chi connectivity index (χ0v) is 15.5. The lowest BCUT2D eigenvalue weighted by Crippen LogP contribution is -2.42. The summed E-state index contributed by atoms with van der Waals surface area (Å²) in [6, 6.07) is 15.7. The molecule has 0 saturated heterocycles. The van der Waals surface area contributed by atoms with Gasteiger partial charge < -0.3 is 19.5 Å². The van der Waals surface area contributed by atoms with E-state index in [0.29, 0.717) is 31.9 Å². The standard InChI is InChI=1S/C22H25NO4/c1-26-20-11-5-10-18-15-19(16-27-21(18)20)22(25)23(13-14-24)12-6-9-17-7-3-2-4-8-17/h2-11,19,24H,12-16H2,1H3. The zero-order valence-electron chi connectivity index (χ0n) is 15.5. The van der Waals surface area contributed by atoms with Crippen LogP contribution in [0.15, 0.2) is 54.6 Å². The van der Waals surface area contributed by atoms with Gasteiger partial charge in [-0.3, -0.25) is 4.79 Å². The number of aliphatic hydroxyl groups is 1. The maximum absolute atomic E-state index is 13.0. The smallest absolute Gasteiger partial charge is 0.229 e. The molecule has 0 fully saturated rings. The molecule has 1 aliphatic heterocycles. The molecule has 0 bridgehead atoms. The Morgan fingerprint density at radius 2 is 2.07 bits per heavy atom. The predicted molar refractivity (Wildman–Crippen MR) is 105 cm³/mol. The monoisotopic (exact) mass is 367 g/mol. The van der Waals surface area contributed by atoms with Crippen LogP contribution >= 0.6 is 0 Å². The summed E-state index contributed by atoms with van der Waals surface area (Å²) >= 11 is 0. The molecule has 27 heavy (non-hydrogen) atoms. The van der Waals surface area contributed by atoms with E-state index in [9.17, 15) is 9.90 Å². The highest BCUT2D eigenvalue weighted by atomic mass is 16.5. The Morgan fingerprint density at radius 1 is 1.26 bits per heavy atom. The summed E-state index contributed by atoms with van der Waals surface area (Å²) in [5, 5.41) is 9.36. The molecule has 0 saturated carbocycles. The van der Waals surface area contributed by atoms with Gasteiger partial charge in [-0.05, 0) is 23.6 Å². The van der Waals surface area contributed by atoms with Gasteiger partial charge >= 0.3 is 0 Å². The fourth-order valence-corrected chi connectivity index (χ4v) is 3.26. The van der Waals surface area contributed by atoms with Gasteiger partial charge in [-0.25, -0.2) is 0 Å². The van der Waals surface area contributed by atoms with Gasteiger partial charge in [0.05, 0.1) is 19.6 Å². The number of benzene rings is 2. The molecular formula is C22H25NO4. The summed E-state index contributed by atoms with van der Waals surface area (Å²) in [6.45, 7) is 1.01. The van der Waals surface area contributed by atoms with Gasteiger partial charge in [0.25, 0.3) is 0 Å². The summed E-state index contributed by atoms with van der Waals surface area (Å²) in [4.78, 5) is 14.6. The predicted octanol–water partition coefficient (Wildman–Crippen LogP) is 2.78. The summed E-state index contributed by atoms with van der Waals surface area (Å²) in [7, 11) is 1.61. The van der Waals surface area contributed by atoms with Crippen LogP contribution in [0.3, 0.4) is 0 Å². The first-order valence-electron chi connectivity index (χ1n) is 9.13. The minimum atomic E-state index is -0.263. The number of carbonyl (C=O) groups is 1. The van der Waals surface area contributed by atoms with Crippen molar-refractivity contribution in [2.45, 2.75) is 6.42 Å². The van der Waals surface area contributed by atoms with Crippen molar-refractivity contribution in [3.05, 3.63) is 65.7 Å². The maximum Gasteiger partial charge on any atom is 0.229 e. The fraction of sp³-hybridized carbons (Fsp3) is 0.318. The van der Waals surface area contributed by atoms with Crippen LogP contribution in [-0.4, -0.2) is 49.3 Å². The van der Waals surface area contributed by atoms with Gasteiger partial charge in [0.2, 0.25) is 5.91 Å². The highest BCUT2D eigenvalue weighted by Crippen LogP contribution is 2.36. The molecule has 1 N–H and O–H groups in total. The van der Waals surface area contributed by atoms with E-state index in [4.69, 9.17) is 9.47 Å². The second-order valence-electron chi connectivity index (χ2n) is 6.48. The molecule has 1 heterocycles. The van der Waals surface area contributed by atoms with Crippen molar-refractivity contribution >= 4 is 12.0 Å². The summed E-state index contributed by atoms with van der Waals surface area (Å²) in [5.74, 6) is 1.15. The van der Waals surface area contributed by atoms with Crippen LogP contribution in [0.5, 0.6) is 11.5 Å². The van der Waals surface area contributed by atoms with E-state index in [1.54, 1.807) is 12.0 Å². The fourth-order valence-electron chi connectivity index (χ4n) is 3.26. The third kappa shape index (κ3) is 4.68. The minimum Gasteiger partial charge on any atom is -0.493 e. The van der Waals surface area contributed by atoms with Crippen LogP contribution in [0.1, 0.15) is 11.1 Å². The van der Waals surface area contributed by atoms with E-state index in [0.717, 1.165) is 16.9 Å². The summed E-state index contributed by atoms with van der Waals surface area (Å²) in [6.07, 6.45) is 4.54. The lowest BCUT2D eigenvalue weighted by molar-refractivity contribution is -0.136. The number of nitrogens with zero attached hydrogens (tertiary/aromatic N) is 1. The number of carbonyl (C=O) groups excluding carboxylic acids is 1. The van der Waals surface area contributed by atoms with Gasteiger partial charge in [-0.15, -0.1) is 0 Å². The summed E-state index contributed by atoms with van der Waals surface area (Å²) in [5.41, 5.74) is 2.05. The number of aliphatic hydroxyl groups excluding tert-OH is 1. The second-order valence-corrected chi connectivity index (χ2v) is 6.48. The van der Waals surface area contributed by atoms with Crippen LogP contribution < -0.4 is 9.47 Å². The SMILES string of the molecule is COc1cccc2c1OCC(C(=O)N(CC=Cc1ccccc1)CCO)C2. The van der Waals surface area contributed by atoms with Gasteiger partial charge in [0.15, 0.2) is 11.5 Å². The number of amides is 1. The third-order valence-electron chi connectivity index (χ3n) is 4.64. The number of ether oxygens (including phenoxy) is 2. The third-order valence-corrected chi connectivity index (χ3v) is 4.64. The van der Waals surface area contributed by atoms with Gasteiger partial charge in [-0.1, -0.05) is 54.6 Å². The molecule has 2 aromatic carbocycles. The average molecular weight is 367 g/mol. The first-order chi connectivity index (χ1) is 13.2. The molecule has 1 amide bonds. The molecule has 1 aliphatic rings. The Hall–Kier alpha value is -2.79. The Bertz CT molecular complexity index is 788. The average Bonchev–Trinajstić information content (AvgIpc) is 2.72. The number of hydrogen-bond donors (Lipinski definition) is 1. The minimum absolute atomic E-state index is 0.00442. The highest BCUT2D eigenvalue weighted by molar-refractivity contribution is 5.80. The largest absolute Gasteiger partial charge is 0.493 e. The molecule has 2 aromatic rings. The molecule has 5 heteroatoms. The van der Waals surface area contributed by atoms with Crippen molar-refractivity contribution in [1.29, 1.82) is 0 Å². The first kappa shape index (κ1) is 19.0. The van der Waals surface area contributed by atoms with E-state index in [-0.39, 0.29) is 18.4 Å². The highest BCUT2D eigenvalue weighted by Gasteiger charge is 2.30. The van der Waals surface area contributed by atoms with Crippen molar-refractivity contribution in [3.63, 3.8) is 0 Å². The van der Waals surface area contributed by atoms with E-state index < -0.39 is 0 Å². The molecule has 0 aromatic heterocycles. The Balaban J connectivity index is 1.67. The van der Waals surface area contributed by atoms with Crippen LogP contribution in [0.2, 0.25) is 0 Å². The summed E-state index contributed by atoms with van der Waals surface area (Å²) < 4.78 is 11.2. The molecule has 0 spiro atoms. The van der Waals surface area contributed by atoms with Gasteiger partial charge in [0, 0.05) is 13.1 Å². The van der Waals surface area contributed by atoms with Crippen LogP contribution in [0.4, 0.5) is 0 Å². The van der Waals surface area contributed by atoms with Crippen molar-refractivity contribution in [1.82, 2.24) is 4.90 Å². The second kappa shape index (κ2) is 9.24. The van der Waals surface area contributed by atoms with Crippen molar-refractivity contribution in [2.75, 3.05) is 33.4 Å². The van der Waals surface area contributed by atoms with Gasteiger partial charge in [0.1, 0.15) is 6.61 Å². The van der Waals surface area contributed by atoms with Crippen LogP contribution in [0.25, 0.3) is 6.08 Å². The Kier molecular flexibility index (Phi) is 6.49. The van der Waals surface area contributed by atoms with E-state index in [2.05, 4.69) is 0 Å². The zero-order chi connectivity index (χ0) is 19.1.